The van der Waals surface area contributed by atoms with Crippen LogP contribution in [0.15, 0.2) is 23.9 Å². The molecule has 2 aromatic rings. The van der Waals surface area contributed by atoms with E-state index in [1.54, 1.807) is 25.1 Å². The molecule has 1 aromatic carbocycles. The maximum Gasteiger partial charge on any atom is 0.390 e. The number of nitrogens with zero attached hydrogens (tertiary/aromatic N) is 4. The molecule has 2 fully saturated rings. The Hall–Kier alpha value is -2.89. The van der Waals surface area contributed by atoms with E-state index < -0.39 is 18.7 Å². The van der Waals surface area contributed by atoms with Crippen LogP contribution in [0.4, 0.5) is 19.0 Å². The number of Topliss-reactive ketones (excluding diaryl/α,β-unsaturated/α-hetero) is 1. The van der Waals surface area contributed by atoms with Crippen molar-refractivity contribution < 1.29 is 27.8 Å². The van der Waals surface area contributed by atoms with Crippen molar-refractivity contribution in [3.63, 3.8) is 0 Å². The molecule has 3 N–H and O–H groups in total. The summed E-state index contributed by atoms with van der Waals surface area (Å²) in [4.78, 5) is 26.1. The normalized spacial score (nSPS) is 18.0. The number of benzene rings is 1. The van der Waals surface area contributed by atoms with E-state index in [0.717, 1.165) is 6.42 Å². The molecule has 3 heterocycles. The first-order valence-corrected chi connectivity index (χ1v) is 14.1. The van der Waals surface area contributed by atoms with Gasteiger partial charge in [-0.15, -0.1) is 0 Å². The van der Waals surface area contributed by atoms with E-state index in [1.807, 2.05) is 18.7 Å². The number of ketones is 1. The van der Waals surface area contributed by atoms with Crippen LogP contribution in [0.5, 0.6) is 5.75 Å². The Balaban J connectivity index is 1.64. The van der Waals surface area contributed by atoms with Crippen molar-refractivity contribution >= 4 is 28.8 Å². The SMILES string of the molecule is CCC[C@@H](O)COc1ccc(Cl)c(-c2nc(C(C(C)=O)=C(C)N)c(C)c(N3CC4(CN(CCC(F)(F)F)C4)C3)n2)c1. The molecule has 12 heteroatoms. The summed E-state index contributed by atoms with van der Waals surface area (Å²) >= 11 is 6.59. The molecule has 2 aliphatic rings. The fourth-order valence-electron chi connectivity index (χ4n) is 5.64. The molecule has 0 saturated carbocycles. The zero-order chi connectivity index (χ0) is 30.1. The number of hydrogen-bond acceptors (Lipinski definition) is 8. The van der Waals surface area contributed by atoms with Gasteiger partial charge in [0.2, 0.25) is 0 Å². The van der Waals surface area contributed by atoms with E-state index in [1.165, 1.54) is 6.92 Å². The van der Waals surface area contributed by atoms with Gasteiger partial charge in [-0.2, -0.15) is 13.2 Å². The number of carbonyl (C=O) groups excluding carboxylic acids is 1. The highest BCUT2D eigenvalue weighted by Gasteiger charge is 2.52. The van der Waals surface area contributed by atoms with Gasteiger partial charge in [0, 0.05) is 55.0 Å². The molecule has 0 radical (unpaired) electrons. The number of rotatable bonds is 11. The second-order valence-electron chi connectivity index (χ2n) is 11.3. The van der Waals surface area contributed by atoms with E-state index in [2.05, 4.69) is 4.90 Å². The number of anilines is 1. The van der Waals surface area contributed by atoms with Crippen molar-refractivity contribution in [3.05, 3.63) is 40.2 Å². The van der Waals surface area contributed by atoms with Crippen LogP contribution in [0.2, 0.25) is 5.02 Å². The first-order valence-electron chi connectivity index (χ1n) is 13.7. The van der Waals surface area contributed by atoms with Gasteiger partial charge in [0.25, 0.3) is 0 Å². The van der Waals surface area contributed by atoms with Crippen molar-refractivity contribution in [1.82, 2.24) is 14.9 Å². The third kappa shape index (κ3) is 7.13. The molecule has 0 bridgehead atoms. The minimum atomic E-state index is -4.17. The Labute approximate surface area is 243 Å². The van der Waals surface area contributed by atoms with Crippen LogP contribution in [0.25, 0.3) is 17.0 Å². The fraction of sp³-hybridized carbons (Fsp3) is 0.552. The van der Waals surface area contributed by atoms with Crippen LogP contribution in [0.3, 0.4) is 0 Å². The number of aliphatic hydroxyl groups excluding tert-OH is 1. The monoisotopic (exact) mass is 595 g/mol. The lowest BCUT2D eigenvalue weighted by Gasteiger charge is -2.61. The number of carbonyl (C=O) groups is 1. The number of hydrogen-bond donors (Lipinski definition) is 2. The Morgan fingerprint density at radius 1 is 1.22 bits per heavy atom. The number of aliphatic hydroxyl groups is 1. The third-order valence-electron chi connectivity index (χ3n) is 7.53. The van der Waals surface area contributed by atoms with Gasteiger partial charge in [-0.1, -0.05) is 24.9 Å². The summed E-state index contributed by atoms with van der Waals surface area (Å²) in [5.41, 5.74) is 8.22. The summed E-state index contributed by atoms with van der Waals surface area (Å²) < 4.78 is 43.7. The molecule has 8 nitrogen and oxygen atoms in total. The van der Waals surface area contributed by atoms with Crippen LogP contribution >= 0.6 is 11.6 Å². The molecule has 224 valence electrons. The molecule has 2 aliphatic heterocycles. The number of halogens is 4. The van der Waals surface area contributed by atoms with Crippen LogP contribution in [0.1, 0.15) is 51.3 Å². The molecule has 2 saturated heterocycles. The number of aromatic nitrogens is 2. The number of allylic oxidation sites excluding steroid dienone is 2. The maximum absolute atomic E-state index is 12.6. The first kappa shape index (κ1) is 31.1. The maximum atomic E-state index is 12.6. The summed E-state index contributed by atoms with van der Waals surface area (Å²) in [6, 6.07) is 5.07. The summed E-state index contributed by atoms with van der Waals surface area (Å²) in [7, 11) is 0. The van der Waals surface area contributed by atoms with Gasteiger partial charge in [0.1, 0.15) is 18.2 Å². The van der Waals surface area contributed by atoms with Crippen molar-refractivity contribution in [2.24, 2.45) is 11.1 Å². The van der Waals surface area contributed by atoms with Gasteiger partial charge in [-0.25, -0.2) is 9.97 Å². The molecule has 1 atom stereocenters. The molecule has 0 unspecified atom stereocenters. The van der Waals surface area contributed by atoms with Gasteiger partial charge < -0.3 is 25.4 Å². The largest absolute Gasteiger partial charge is 0.491 e. The lowest BCUT2D eigenvalue weighted by Crippen LogP contribution is -2.72. The second kappa shape index (κ2) is 12.1. The first-order chi connectivity index (χ1) is 19.2. The Morgan fingerprint density at radius 2 is 1.90 bits per heavy atom. The summed E-state index contributed by atoms with van der Waals surface area (Å²) in [6.07, 6.45) is -4.14. The molecule has 0 aliphatic carbocycles. The number of nitrogens with two attached hydrogens (primary N) is 1. The van der Waals surface area contributed by atoms with E-state index in [0.29, 0.717) is 71.7 Å². The van der Waals surface area contributed by atoms with E-state index in [-0.39, 0.29) is 35.7 Å². The summed E-state index contributed by atoms with van der Waals surface area (Å²) in [6.45, 7) is 9.45. The highest BCUT2D eigenvalue weighted by molar-refractivity contribution is 6.33. The van der Waals surface area contributed by atoms with Gasteiger partial charge in [-0.05, 0) is 45.4 Å². The number of likely N-dealkylation sites (tertiary alicyclic amines) is 1. The molecular formula is C29H37ClF3N5O3. The topological polar surface area (TPSA) is 105 Å². The van der Waals surface area contributed by atoms with Crippen molar-refractivity contribution in [3.8, 4) is 17.1 Å². The minimum absolute atomic E-state index is 0.000999. The lowest BCUT2D eigenvalue weighted by molar-refractivity contribution is -0.146. The fourth-order valence-corrected chi connectivity index (χ4v) is 5.84. The molecule has 41 heavy (non-hydrogen) atoms. The van der Waals surface area contributed by atoms with Gasteiger partial charge in [0.15, 0.2) is 11.6 Å². The molecule has 1 spiro atoms. The second-order valence-corrected chi connectivity index (χ2v) is 11.7. The van der Waals surface area contributed by atoms with Crippen molar-refractivity contribution in [1.29, 1.82) is 0 Å². The van der Waals surface area contributed by atoms with Crippen LogP contribution in [-0.4, -0.2) is 77.4 Å². The van der Waals surface area contributed by atoms with Crippen LogP contribution in [0, 0.1) is 12.3 Å². The molecular weight excluding hydrogens is 559 g/mol. The highest BCUT2D eigenvalue weighted by atomic mass is 35.5. The minimum Gasteiger partial charge on any atom is -0.491 e. The molecule has 4 rings (SSSR count). The zero-order valence-corrected chi connectivity index (χ0v) is 24.6. The average Bonchev–Trinajstić information content (AvgIpc) is 2.82. The zero-order valence-electron chi connectivity index (χ0n) is 23.8. The van der Waals surface area contributed by atoms with Crippen molar-refractivity contribution in [2.75, 3.05) is 44.2 Å². The standard InChI is InChI=1S/C29H37ClF3N5O3/c1-5-6-20(40)12-41-21-7-8-23(30)22(11-21)26-35-25(24(18(3)34)19(4)39)17(2)27(36-26)38-15-28(16-38)13-37(14-28)10-9-29(31,32)33/h7-8,11,20,40H,5-6,9-10,12-16,34H2,1-4H3/t20-/m1/s1. The van der Waals surface area contributed by atoms with Gasteiger partial charge in [0.05, 0.1) is 28.8 Å². The van der Waals surface area contributed by atoms with Crippen LogP contribution < -0.4 is 15.4 Å². The van der Waals surface area contributed by atoms with Gasteiger partial charge >= 0.3 is 6.18 Å². The quantitative estimate of drug-likeness (QED) is 0.350. The highest BCUT2D eigenvalue weighted by Crippen LogP contribution is 2.44. The van der Waals surface area contributed by atoms with Gasteiger partial charge in [-0.3, -0.25) is 4.79 Å². The Kier molecular flexibility index (Phi) is 9.20. The average molecular weight is 596 g/mol. The summed E-state index contributed by atoms with van der Waals surface area (Å²) in [5.74, 6) is 1.15. The van der Waals surface area contributed by atoms with E-state index >= 15 is 0 Å². The predicted molar refractivity (Wildman–Crippen MR) is 153 cm³/mol. The third-order valence-corrected chi connectivity index (χ3v) is 7.86. The number of alkyl halides is 3. The summed E-state index contributed by atoms with van der Waals surface area (Å²) in [5, 5.41) is 10.5. The molecule has 1 aromatic heterocycles. The van der Waals surface area contributed by atoms with Crippen LogP contribution in [-0.2, 0) is 4.79 Å². The Bertz CT molecular complexity index is 1320. The van der Waals surface area contributed by atoms with E-state index in [9.17, 15) is 23.1 Å². The predicted octanol–water partition coefficient (Wildman–Crippen LogP) is 5.00. The Morgan fingerprint density at radius 3 is 2.49 bits per heavy atom. The lowest BCUT2D eigenvalue weighted by atomic mass is 9.72. The van der Waals surface area contributed by atoms with E-state index in [4.69, 9.17) is 32.0 Å². The number of ether oxygens (including phenoxy) is 1. The molecule has 0 amide bonds. The smallest absolute Gasteiger partial charge is 0.390 e. The van der Waals surface area contributed by atoms with Crippen molar-refractivity contribution in [2.45, 2.75) is 59.2 Å².